The zero-order valence-electron chi connectivity index (χ0n) is 11.7. The summed E-state index contributed by atoms with van der Waals surface area (Å²) in [5.74, 6) is 2.53. The molecule has 2 unspecified atom stereocenters. The van der Waals surface area contributed by atoms with Gasteiger partial charge >= 0.3 is 0 Å². The number of nitrogens with one attached hydrogen (secondary N) is 1. The molecule has 1 N–H and O–H groups in total. The van der Waals surface area contributed by atoms with E-state index in [-0.39, 0.29) is 0 Å². The van der Waals surface area contributed by atoms with Crippen LogP contribution in [0.15, 0.2) is 11.4 Å². The first-order valence-corrected chi connectivity index (χ1v) is 7.78. The maximum atomic E-state index is 4.71. The maximum Gasteiger partial charge on any atom is 0.225 e. The lowest BCUT2D eigenvalue weighted by Crippen LogP contribution is -2.43. The van der Waals surface area contributed by atoms with Crippen molar-refractivity contribution in [3.63, 3.8) is 0 Å². The maximum absolute atomic E-state index is 4.71. The Hall–Kier alpha value is -1.36. The number of fused-ring (bicyclic) bond motifs is 1. The summed E-state index contributed by atoms with van der Waals surface area (Å²) in [6, 6.07) is 2.68. The zero-order chi connectivity index (χ0) is 13.4. The van der Waals surface area contributed by atoms with Crippen molar-refractivity contribution in [3.8, 4) is 0 Å². The predicted octanol–water partition coefficient (Wildman–Crippen LogP) is 3.36. The summed E-state index contributed by atoms with van der Waals surface area (Å²) in [4.78, 5) is 12.8. The minimum Gasteiger partial charge on any atom is -0.357 e. The summed E-state index contributed by atoms with van der Waals surface area (Å²) in [7, 11) is 1.88. The van der Waals surface area contributed by atoms with E-state index in [1.807, 2.05) is 7.05 Å². The van der Waals surface area contributed by atoms with Crippen molar-refractivity contribution in [2.45, 2.75) is 32.7 Å². The van der Waals surface area contributed by atoms with E-state index in [1.54, 1.807) is 11.3 Å². The van der Waals surface area contributed by atoms with E-state index in [0.717, 1.165) is 29.1 Å². The molecule has 1 fully saturated rings. The van der Waals surface area contributed by atoms with E-state index in [2.05, 4.69) is 40.5 Å². The third-order valence-corrected chi connectivity index (χ3v) is 4.98. The van der Waals surface area contributed by atoms with Crippen LogP contribution in [0.4, 0.5) is 11.8 Å². The lowest BCUT2D eigenvalue weighted by molar-refractivity contribution is 0.362. The van der Waals surface area contributed by atoms with Gasteiger partial charge in [-0.3, -0.25) is 0 Å². The van der Waals surface area contributed by atoms with Crippen LogP contribution in [0.25, 0.3) is 10.2 Å². The van der Waals surface area contributed by atoms with Crippen molar-refractivity contribution in [1.29, 1.82) is 0 Å². The number of thiophene rings is 1. The van der Waals surface area contributed by atoms with E-state index >= 15 is 0 Å². The number of aromatic nitrogens is 2. The molecule has 5 heteroatoms. The Balaban J connectivity index is 2.09. The number of rotatable bonds is 2. The largest absolute Gasteiger partial charge is 0.357 e. The number of piperidine rings is 1. The van der Waals surface area contributed by atoms with Gasteiger partial charge in [0.15, 0.2) is 0 Å². The quantitative estimate of drug-likeness (QED) is 0.913. The van der Waals surface area contributed by atoms with E-state index in [9.17, 15) is 0 Å². The molecule has 2 atom stereocenters. The lowest BCUT2D eigenvalue weighted by atomic mass is 9.92. The fourth-order valence-corrected chi connectivity index (χ4v) is 3.56. The van der Waals surface area contributed by atoms with E-state index in [1.165, 1.54) is 18.2 Å². The number of hydrogen-bond donors (Lipinski definition) is 1. The van der Waals surface area contributed by atoms with Crippen LogP contribution in [-0.2, 0) is 0 Å². The third-order valence-electron chi connectivity index (χ3n) is 4.17. The Kier molecular flexibility index (Phi) is 3.31. The average molecular weight is 276 g/mol. The van der Waals surface area contributed by atoms with Crippen molar-refractivity contribution >= 4 is 33.3 Å². The van der Waals surface area contributed by atoms with Crippen LogP contribution in [0.5, 0.6) is 0 Å². The summed E-state index contributed by atoms with van der Waals surface area (Å²) < 4.78 is 0. The van der Waals surface area contributed by atoms with Gasteiger partial charge in [-0.15, -0.1) is 11.3 Å². The first kappa shape index (κ1) is 12.7. The summed E-state index contributed by atoms with van der Waals surface area (Å²) >= 11 is 1.68. The first-order valence-electron chi connectivity index (χ1n) is 6.90. The molecule has 0 spiro atoms. The molecule has 102 valence electrons. The average Bonchev–Trinajstić information content (AvgIpc) is 2.89. The Morgan fingerprint density at radius 2 is 2.21 bits per heavy atom. The van der Waals surface area contributed by atoms with Crippen LogP contribution in [0.2, 0.25) is 0 Å². The van der Waals surface area contributed by atoms with Crippen molar-refractivity contribution < 1.29 is 0 Å². The van der Waals surface area contributed by atoms with Gasteiger partial charge in [0.1, 0.15) is 10.6 Å². The molecule has 1 aliphatic heterocycles. The molecule has 2 aromatic heterocycles. The topological polar surface area (TPSA) is 41.1 Å². The molecule has 2 aromatic rings. The third kappa shape index (κ3) is 2.16. The van der Waals surface area contributed by atoms with Crippen molar-refractivity contribution in [2.75, 3.05) is 23.8 Å². The van der Waals surface area contributed by atoms with Crippen molar-refractivity contribution in [1.82, 2.24) is 9.97 Å². The van der Waals surface area contributed by atoms with Crippen LogP contribution >= 0.6 is 11.3 Å². The van der Waals surface area contributed by atoms with Gasteiger partial charge in [-0.2, -0.15) is 4.98 Å². The molecule has 0 aromatic carbocycles. The number of nitrogens with zero attached hydrogens (tertiary/aromatic N) is 3. The number of anilines is 2. The van der Waals surface area contributed by atoms with Crippen LogP contribution in [0.1, 0.15) is 26.7 Å². The highest BCUT2D eigenvalue weighted by molar-refractivity contribution is 7.16. The SMILES string of the molecule is CNc1nc(N2CCCC(C)C2C)c2ccsc2n1. The second kappa shape index (κ2) is 4.96. The normalized spacial score (nSPS) is 23.8. The molecule has 0 aliphatic carbocycles. The number of hydrogen-bond acceptors (Lipinski definition) is 5. The van der Waals surface area contributed by atoms with Gasteiger partial charge in [0.25, 0.3) is 0 Å². The van der Waals surface area contributed by atoms with Gasteiger partial charge < -0.3 is 10.2 Å². The van der Waals surface area contributed by atoms with Gasteiger partial charge in [0.05, 0.1) is 5.39 Å². The summed E-state index contributed by atoms with van der Waals surface area (Å²) in [5.41, 5.74) is 0. The van der Waals surface area contributed by atoms with Gasteiger partial charge in [0.2, 0.25) is 5.95 Å². The standard InChI is InChI=1S/C14H20N4S/c1-9-5-4-7-18(10(9)2)12-11-6-8-19-13(11)17-14(15-3)16-12/h6,8-10H,4-5,7H2,1-3H3,(H,15,16,17). The molecule has 1 saturated heterocycles. The smallest absolute Gasteiger partial charge is 0.225 e. The minimum absolute atomic E-state index is 0.538. The molecule has 1 aliphatic rings. The summed E-state index contributed by atoms with van der Waals surface area (Å²) in [6.07, 6.45) is 2.56. The fourth-order valence-electron chi connectivity index (χ4n) is 2.80. The van der Waals surface area contributed by atoms with Crippen LogP contribution < -0.4 is 10.2 Å². The molecule has 0 bridgehead atoms. The van der Waals surface area contributed by atoms with Crippen LogP contribution in [-0.4, -0.2) is 29.6 Å². The van der Waals surface area contributed by atoms with Gasteiger partial charge in [-0.1, -0.05) is 6.92 Å². The Morgan fingerprint density at radius 3 is 3.00 bits per heavy atom. The molecule has 3 heterocycles. The Labute approximate surface area is 117 Å². The highest BCUT2D eigenvalue weighted by Gasteiger charge is 2.27. The summed E-state index contributed by atoms with van der Waals surface area (Å²) in [6.45, 7) is 5.74. The summed E-state index contributed by atoms with van der Waals surface area (Å²) in [5, 5.41) is 6.35. The van der Waals surface area contributed by atoms with Gasteiger partial charge in [-0.05, 0) is 37.1 Å². The highest BCUT2D eigenvalue weighted by atomic mass is 32.1. The molecule has 0 saturated carbocycles. The van der Waals surface area contributed by atoms with E-state index in [0.29, 0.717) is 6.04 Å². The first-order chi connectivity index (χ1) is 9.20. The monoisotopic (exact) mass is 276 g/mol. The molecule has 4 nitrogen and oxygen atoms in total. The lowest BCUT2D eigenvalue weighted by Gasteiger charge is -2.39. The molecule has 0 radical (unpaired) electrons. The highest BCUT2D eigenvalue weighted by Crippen LogP contribution is 2.34. The van der Waals surface area contributed by atoms with Crippen molar-refractivity contribution in [3.05, 3.63) is 11.4 Å². The van der Waals surface area contributed by atoms with Gasteiger partial charge in [0, 0.05) is 19.6 Å². The van der Waals surface area contributed by atoms with Crippen LogP contribution in [0.3, 0.4) is 0 Å². The Bertz CT molecular complexity index is 580. The second-order valence-electron chi connectivity index (χ2n) is 5.31. The van der Waals surface area contributed by atoms with Crippen LogP contribution in [0, 0.1) is 5.92 Å². The zero-order valence-corrected chi connectivity index (χ0v) is 12.5. The van der Waals surface area contributed by atoms with E-state index < -0.39 is 0 Å². The predicted molar refractivity (Wildman–Crippen MR) is 82.2 cm³/mol. The Morgan fingerprint density at radius 1 is 1.37 bits per heavy atom. The fraction of sp³-hybridized carbons (Fsp3) is 0.571. The van der Waals surface area contributed by atoms with Crippen molar-refractivity contribution in [2.24, 2.45) is 5.92 Å². The molecular weight excluding hydrogens is 256 g/mol. The molecular formula is C14H20N4S. The minimum atomic E-state index is 0.538. The second-order valence-corrected chi connectivity index (χ2v) is 6.21. The molecule has 0 amide bonds. The molecule has 3 rings (SSSR count). The van der Waals surface area contributed by atoms with E-state index in [4.69, 9.17) is 4.98 Å². The molecule has 19 heavy (non-hydrogen) atoms. The van der Waals surface area contributed by atoms with Gasteiger partial charge in [-0.25, -0.2) is 4.98 Å².